The number of carbonyl (C=O) groups is 1. The van der Waals surface area contributed by atoms with E-state index in [1.165, 1.54) is 35.7 Å². The van der Waals surface area contributed by atoms with Gasteiger partial charge in [-0.05, 0) is 31.0 Å². The van der Waals surface area contributed by atoms with Crippen LogP contribution in [-0.4, -0.2) is 21.7 Å². The summed E-state index contributed by atoms with van der Waals surface area (Å²) in [6, 6.07) is 6.03. The van der Waals surface area contributed by atoms with E-state index in [2.05, 4.69) is 10.4 Å². The second-order valence-corrected chi connectivity index (χ2v) is 6.66. The van der Waals surface area contributed by atoms with Crippen molar-refractivity contribution in [2.45, 2.75) is 51.3 Å². The number of nitrogens with zero attached hydrogens (tertiary/aromatic N) is 2. The molecular weight excluding hydrogens is 345 g/mol. The Hall–Kier alpha value is -2.08. The number of aromatic nitrogens is 2. The Labute approximate surface area is 151 Å². The van der Waals surface area contributed by atoms with Gasteiger partial charge in [0, 0.05) is 18.3 Å². The Morgan fingerprint density at radius 2 is 2.04 bits per heavy atom. The number of halogens is 2. The van der Waals surface area contributed by atoms with Crippen LogP contribution in [0.2, 0.25) is 5.02 Å². The zero-order valence-corrected chi connectivity index (χ0v) is 14.6. The molecule has 1 aromatic carbocycles. The molecule has 2 aromatic rings. The Balaban J connectivity index is 1.54. The summed E-state index contributed by atoms with van der Waals surface area (Å²) in [7, 11) is 0. The molecule has 1 N–H and O–H groups in total. The Morgan fingerprint density at radius 3 is 2.76 bits per heavy atom. The molecule has 134 valence electrons. The van der Waals surface area contributed by atoms with Crippen LogP contribution in [-0.2, 0) is 6.73 Å². The number of benzene rings is 1. The molecule has 0 atom stereocenters. The maximum atomic E-state index is 13.1. The molecule has 1 heterocycles. The lowest BCUT2D eigenvalue weighted by molar-refractivity contribution is 0.0926. The molecule has 7 heteroatoms. The molecule has 25 heavy (non-hydrogen) atoms. The summed E-state index contributed by atoms with van der Waals surface area (Å²) in [6.07, 6.45) is 8.54. The van der Waals surface area contributed by atoms with Gasteiger partial charge in [0.2, 0.25) is 0 Å². The van der Waals surface area contributed by atoms with E-state index in [0.717, 1.165) is 25.7 Å². The van der Waals surface area contributed by atoms with E-state index >= 15 is 0 Å². The van der Waals surface area contributed by atoms with Crippen molar-refractivity contribution in [3.8, 4) is 5.75 Å². The Morgan fingerprint density at radius 1 is 1.28 bits per heavy atom. The first-order valence-electron chi connectivity index (χ1n) is 8.54. The first-order chi connectivity index (χ1) is 12.1. The van der Waals surface area contributed by atoms with Crippen LogP contribution in [0.1, 0.15) is 49.0 Å². The van der Waals surface area contributed by atoms with Gasteiger partial charge >= 0.3 is 0 Å². The third-order valence-corrected chi connectivity index (χ3v) is 4.61. The molecule has 0 saturated heterocycles. The van der Waals surface area contributed by atoms with E-state index < -0.39 is 5.82 Å². The minimum Gasteiger partial charge on any atom is -0.471 e. The van der Waals surface area contributed by atoms with E-state index in [1.807, 2.05) is 0 Å². The summed E-state index contributed by atoms with van der Waals surface area (Å²) < 4.78 is 20.1. The third-order valence-electron chi connectivity index (χ3n) is 4.32. The van der Waals surface area contributed by atoms with E-state index in [0.29, 0.717) is 11.4 Å². The summed E-state index contributed by atoms with van der Waals surface area (Å²) in [4.78, 5) is 12.3. The van der Waals surface area contributed by atoms with E-state index in [4.69, 9.17) is 16.3 Å². The average molecular weight is 366 g/mol. The molecular formula is C18H21ClFN3O2. The van der Waals surface area contributed by atoms with Gasteiger partial charge in [-0.1, -0.05) is 37.3 Å². The summed E-state index contributed by atoms with van der Waals surface area (Å²) >= 11 is 5.72. The highest BCUT2D eigenvalue weighted by Gasteiger charge is 2.17. The molecule has 1 aliphatic rings. The van der Waals surface area contributed by atoms with Crippen LogP contribution in [0.25, 0.3) is 0 Å². The molecule has 1 saturated carbocycles. The molecule has 1 aromatic heterocycles. The number of hydrogen-bond acceptors (Lipinski definition) is 3. The highest BCUT2D eigenvalue weighted by Crippen LogP contribution is 2.21. The lowest BCUT2D eigenvalue weighted by atomic mass is 10.1. The predicted molar refractivity (Wildman–Crippen MR) is 93.2 cm³/mol. The molecule has 1 amide bonds. The molecule has 1 fully saturated rings. The van der Waals surface area contributed by atoms with Crippen molar-refractivity contribution < 1.29 is 13.9 Å². The standard InChI is InChI=1S/C18H21ClFN3O2/c19-15-11-14(7-8-16(15)20)25-12-23-10-9-17(22-23)18(24)21-13-5-3-1-2-4-6-13/h7-11,13H,1-6,12H2,(H,21,24). The molecule has 0 aliphatic heterocycles. The zero-order valence-electron chi connectivity index (χ0n) is 13.9. The van der Waals surface area contributed by atoms with Gasteiger partial charge in [0.15, 0.2) is 6.73 Å². The van der Waals surface area contributed by atoms with Crippen LogP contribution >= 0.6 is 11.6 Å². The first kappa shape index (κ1) is 17.7. The van der Waals surface area contributed by atoms with Crippen molar-refractivity contribution >= 4 is 17.5 Å². The Bertz CT molecular complexity index is 727. The normalized spacial score (nSPS) is 15.6. The number of hydrogen-bond donors (Lipinski definition) is 1. The third kappa shape index (κ3) is 4.95. The SMILES string of the molecule is O=C(NC1CCCCCC1)c1ccn(COc2ccc(F)c(Cl)c2)n1. The summed E-state index contributed by atoms with van der Waals surface area (Å²) in [6.45, 7) is 0.110. The minimum atomic E-state index is -0.495. The molecule has 0 unspecified atom stereocenters. The molecule has 1 aliphatic carbocycles. The van der Waals surface area contributed by atoms with Crippen molar-refractivity contribution in [1.82, 2.24) is 15.1 Å². The predicted octanol–water partition coefficient (Wildman–Crippen LogP) is 4.16. The monoisotopic (exact) mass is 365 g/mol. The average Bonchev–Trinajstić information content (AvgIpc) is 2.93. The van der Waals surface area contributed by atoms with Crippen molar-refractivity contribution in [1.29, 1.82) is 0 Å². The van der Waals surface area contributed by atoms with Crippen LogP contribution < -0.4 is 10.1 Å². The van der Waals surface area contributed by atoms with Gasteiger partial charge in [0.25, 0.3) is 5.91 Å². The van der Waals surface area contributed by atoms with E-state index in [-0.39, 0.29) is 23.7 Å². The van der Waals surface area contributed by atoms with Crippen molar-refractivity contribution in [2.75, 3.05) is 0 Å². The minimum absolute atomic E-state index is 0.00133. The van der Waals surface area contributed by atoms with Gasteiger partial charge in [0.05, 0.1) is 5.02 Å². The molecule has 0 radical (unpaired) electrons. The van der Waals surface area contributed by atoms with E-state index in [1.54, 1.807) is 12.3 Å². The number of ether oxygens (including phenoxy) is 1. The largest absolute Gasteiger partial charge is 0.471 e. The summed E-state index contributed by atoms with van der Waals surface area (Å²) in [5.41, 5.74) is 0.366. The van der Waals surface area contributed by atoms with Gasteiger partial charge < -0.3 is 10.1 Å². The molecule has 0 spiro atoms. The van der Waals surface area contributed by atoms with E-state index in [9.17, 15) is 9.18 Å². The highest BCUT2D eigenvalue weighted by atomic mass is 35.5. The lowest BCUT2D eigenvalue weighted by Crippen LogP contribution is -2.34. The van der Waals surface area contributed by atoms with Gasteiger partial charge in [-0.25, -0.2) is 9.07 Å². The number of rotatable bonds is 5. The highest BCUT2D eigenvalue weighted by molar-refractivity contribution is 6.30. The van der Waals surface area contributed by atoms with Gasteiger partial charge in [-0.3, -0.25) is 4.79 Å². The van der Waals surface area contributed by atoms with Crippen molar-refractivity contribution in [3.63, 3.8) is 0 Å². The van der Waals surface area contributed by atoms with Gasteiger partial charge in [-0.15, -0.1) is 0 Å². The van der Waals surface area contributed by atoms with Crippen LogP contribution in [0, 0.1) is 5.82 Å². The van der Waals surface area contributed by atoms with Crippen molar-refractivity contribution in [3.05, 3.63) is 47.0 Å². The lowest BCUT2D eigenvalue weighted by Gasteiger charge is -2.15. The van der Waals surface area contributed by atoms with Crippen LogP contribution in [0.15, 0.2) is 30.5 Å². The topological polar surface area (TPSA) is 56.2 Å². The number of carbonyl (C=O) groups excluding carboxylic acids is 1. The Kier molecular flexibility index (Phi) is 5.91. The maximum Gasteiger partial charge on any atom is 0.271 e. The fourth-order valence-electron chi connectivity index (χ4n) is 2.95. The maximum absolute atomic E-state index is 13.1. The second kappa shape index (κ2) is 8.34. The van der Waals surface area contributed by atoms with Crippen LogP contribution in [0.4, 0.5) is 4.39 Å². The smallest absolute Gasteiger partial charge is 0.271 e. The number of nitrogens with one attached hydrogen (secondary N) is 1. The van der Waals surface area contributed by atoms with Crippen molar-refractivity contribution in [2.24, 2.45) is 0 Å². The fraction of sp³-hybridized carbons (Fsp3) is 0.444. The summed E-state index contributed by atoms with van der Waals surface area (Å²) in [5, 5.41) is 7.29. The van der Waals surface area contributed by atoms with Crippen LogP contribution in [0.5, 0.6) is 5.75 Å². The quantitative estimate of drug-likeness (QED) is 0.809. The molecule has 0 bridgehead atoms. The zero-order chi connectivity index (χ0) is 17.6. The first-order valence-corrected chi connectivity index (χ1v) is 8.92. The second-order valence-electron chi connectivity index (χ2n) is 6.25. The number of amides is 1. The summed E-state index contributed by atoms with van der Waals surface area (Å²) in [5.74, 6) is -0.215. The fourth-order valence-corrected chi connectivity index (χ4v) is 3.12. The van der Waals surface area contributed by atoms with Crippen LogP contribution in [0.3, 0.4) is 0 Å². The van der Waals surface area contributed by atoms with Gasteiger partial charge in [0.1, 0.15) is 17.3 Å². The molecule has 5 nitrogen and oxygen atoms in total. The van der Waals surface area contributed by atoms with Gasteiger partial charge in [-0.2, -0.15) is 5.10 Å². The molecule has 3 rings (SSSR count).